The third kappa shape index (κ3) is 2.69. The fourth-order valence-corrected chi connectivity index (χ4v) is 3.05. The van der Waals surface area contributed by atoms with Crippen LogP contribution in [0.25, 0.3) is 0 Å². The lowest BCUT2D eigenvalue weighted by Crippen LogP contribution is -2.48. The summed E-state index contributed by atoms with van der Waals surface area (Å²) in [4.78, 5) is 12.3. The van der Waals surface area contributed by atoms with Crippen molar-refractivity contribution in [3.05, 3.63) is 34.9 Å². The minimum atomic E-state index is -0.185. The average Bonchev–Trinajstić information content (AvgIpc) is 2.78. The maximum absolute atomic E-state index is 12.3. The van der Waals surface area contributed by atoms with Gasteiger partial charge in [0, 0.05) is 11.4 Å². The van der Waals surface area contributed by atoms with Crippen molar-refractivity contribution in [3.63, 3.8) is 0 Å². The number of amides is 1. The number of rotatable bonds is 3. The summed E-state index contributed by atoms with van der Waals surface area (Å²) in [6.07, 6.45) is 4.29. The van der Waals surface area contributed by atoms with Gasteiger partial charge in [0.15, 0.2) is 0 Å². The lowest BCUT2D eigenvalue weighted by atomic mass is 9.98. The minimum Gasteiger partial charge on any atom is -0.345 e. The van der Waals surface area contributed by atoms with E-state index in [2.05, 4.69) is 5.32 Å². The molecule has 0 saturated heterocycles. The highest BCUT2D eigenvalue weighted by molar-refractivity contribution is 6.19. The summed E-state index contributed by atoms with van der Waals surface area (Å²) in [5, 5.41) is 3.15. The van der Waals surface area contributed by atoms with Crippen LogP contribution in [0.15, 0.2) is 18.2 Å². The summed E-state index contributed by atoms with van der Waals surface area (Å²) in [6, 6.07) is 5.91. The highest BCUT2D eigenvalue weighted by Gasteiger charge is 2.34. The van der Waals surface area contributed by atoms with Gasteiger partial charge in [0.25, 0.3) is 5.91 Å². The van der Waals surface area contributed by atoms with Crippen molar-refractivity contribution in [3.8, 4) is 0 Å². The van der Waals surface area contributed by atoms with Crippen molar-refractivity contribution in [2.75, 3.05) is 5.88 Å². The zero-order chi connectivity index (χ0) is 13.2. The van der Waals surface area contributed by atoms with Crippen LogP contribution < -0.4 is 5.32 Å². The highest BCUT2D eigenvalue weighted by atomic mass is 35.5. The predicted octanol–water partition coefficient (Wildman–Crippen LogP) is 3.58. The summed E-state index contributed by atoms with van der Waals surface area (Å²) in [7, 11) is 0. The van der Waals surface area contributed by atoms with E-state index >= 15 is 0 Å². The Morgan fingerprint density at radius 3 is 2.56 bits per heavy atom. The van der Waals surface area contributed by atoms with E-state index in [0.29, 0.717) is 5.88 Å². The maximum Gasteiger partial charge on any atom is 0.252 e. The summed E-state index contributed by atoms with van der Waals surface area (Å²) < 4.78 is 0. The number of aryl methyl sites for hydroxylation is 2. The highest BCUT2D eigenvalue weighted by Crippen LogP contribution is 2.31. The van der Waals surface area contributed by atoms with Crippen LogP contribution in [-0.4, -0.2) is 17.3 Å². The van der Waals surface area contributed by atoms with Gasteiger partial charge >= 0.3 is 0 Å². The van der Waals surface area contributed by atoms with E-state index in [9.17, 15) is 4.79 Å². The minimum absolute atomic E-state index is 0.00931. The van der Waals surface area contributed by atoms with Gasteiger partial charge in [-0.2, -0.15) is 0 Å². The Morgan fingerprint density at radius 1 is 1.33 bits per heavy atom. The molecule has 18 heavy (non-hydrogen) atoms. The maximum atomic E-state index is 12.3. The van der Waals surface area contributed by atoms with Crippen LogP contribution in [0.2, 0.25) is 0 Å². The van der Waals surface area contributed by atoms with Crippen LogP contribution in [0.5, 0.6) is 0 Å². The summed E-state index contributed by atoms with van der Waals surface area (Å²) >= 11 is 6.05. The zero-order valence-electron chi connectivity index (χ0n) is 11.1. The normalized spacial score (nSPS) is 17.7. The molecule has 0 atom stereocenters. The third-order valence-electron chi connectivity index (χ3n) is 3.82. The number of alkyl halides is 1. The fourth-order valence-electron chi connectivity index (χ4n) is 2.72. The molecule has 1 aliphatic rings. The first-order chi connectivity index (χ1) is 8.56. The number of hydrogen-bond acceptors (Lipinski definition) is 1. The average molecular weight is 266 g/mol. The van der Waals surface area contributed by atoms with Crippen molar-refractivity contribution >= 4 is 17.5 Å². The molecule has 1 amide bonds. The van der Waals surface area contributed by atoms with Crippen molar-refractivity contribution in [2.45, 2.75) is 45.1 Å². The van der Waals surface area contributed by atoms with E-state index in [1.54, 1.807) is 0 Å². The number of nitrogens with one attached hydrogen (secondary N) is 1. The van der Waals surface area contributed by atoms with Gasteiger partial charge in [-0.05, 0) is 38.3 Å². The molecule has 1 aromatic rings. The lowest BCUT2D eigenvalue weighted by Gasteiger charge is -2.28. The van der Waals surface area contributed by atoms with Gasteiger partial charge in [-0.25, -0.2) is 0 Å². The Labute approximate surface area is 114 Å². The Morgan fingerprint density at radius 2 is 2.00 bits per heavy atom. The van der Waals surface area contributed by atoms with Crippen molar-refractivity contribution < 1.29 is 4.79 Å². The second kappa shape index (κ2) is 5.31. The van der Waals surface area contributed by atoms with Crippen molar-refractivity contribution in [1.82, 2.24) is 5.32 Å². The molecule has 0 aromatic heterocycles. The molecular formula is C15H20ClNO. The molecule has 1 N–H and O–H groups in total. The van der Waals surface area contributed by atoms with Crippen molar-refractivity contribution in [1.29, 1.82) is 0 Å². The van der Waals surface area contributed by atoms with Gasteiger partial charge in [0.05, 0.1) is 5.54 Å². The summed E-state index contributed by atoms with van der Waals surface area (Å²) in [5.41, 5.74) is 2.78. The molecule has 1 aromatic carbocycles. The molecule has 1 aliphatic carbocycles. The van der Waals surface area contributed by atoms with Gasteiger partial charge < -0.3 is 5.32 Å². The largest absolute Gasteiger partial charge is 0.345 e. The molecule has 98 valence electrons. The topological polar surface area (TPSA) is 29.1 Å². The molecule has 0 aliphatic heterocycles. The molecule has 2 rings (SSSR count). The van der Waals surface area contributed by atoms with Gasteiger partial charge in [-0.1, -0.05) is 30.5 Å². The number of hydrogen-bond donors (Lipinski definition) is 1. The molecule has 2 nitrogen and oxygen atoms in total. The van der Waals surface area contributed by atoms with Crippen LogP contribution in [0, 0.1) is 13.8 Å². The van der Waals surface area contributed by atoms with Gasteiger partial charge in [0.1, 0.15) is 0 Å². The second-order valence-corrected chi connectivity index (χ2v) is 5.66. The molecule has 0 heterocycles. The SMILES string of the molecule is Cc1ccc(C(=O)NC2(CCl)CCCC2)c(C)c1. The Balaban J connectivity index is 2.16. The Bertz CT molecular complexity index is 450. The molecular weight excluding hydrogens is 246 g/mol. The summed E-state index contributed by atoms with van der Waals surface area (Å²) in [5.74, 6) is 0.513. The first-order valence-electron chi connectivity index (χ1n) is 6.52. The van der Waals surface area contributed by atoms with Crippen molar-refractivity contribution in [2.24, 2.45) is 0 Å². The number of halogens is 1. The van der Waals surface area contributed by atoms with E-state index in [0.717, 1.165) is 36.8 Å². The van der Waals surface area contributed by atoms with E-state index in [1.165, 1.54) is 5.56 Å². The van der Waals surface area contributed by atoms with E-state index in [4.69, 9.17) is 11.6 Å². The first kappa shape index (κ1) is 13.4. The quantitative estimate of drug-likeness (QED) is 0.832. The predicted molar refractivity (Wildman–Crippen MR) is 75.3 cm³/mol. The standard InChI is InChI=1S/C15H20ClNO/c1-11-5-6-13(12(2)9-11)14(18)17-15(10-16)7-3-4-8-15/h5-6,9H,3-4,7-8,10H2,1-2H3,(H,17,18). The van der Waals surface area contributed by atoms with Crippen LogP contribution in [-0.2, 0) is 0 Å². The number of carbonyl (C=O) groups excluding carboxylic acids is 1. The molecule has 0 radical (unpaired) electrons. The second-order valence-electron chi connectivity index (χ2n) is 5.39. The lowest BCUT2D eigenvalue weighted by molar-refractivity contribution is 0.0908. The fraction of sp³-hybridized carbons (Fsp3) is 0.533. The van der Waals surface area contributed by atoms with E-state index in [-0.39, 0.29) is 11.4 Å². The molecule has 0 unspecified atom stereocenters. The molecule has 0 spiro atoms. The Kier molecular flexibility index (Phi) is 3.96. The van der Waals surface area contributed by atoms with Crippen LogP contribution in [0.4, 0.5) is 0 Å². The molecule has 3 heteroatoms. The third-order valence-corrected chi connectivity index (χ3v) is 4.33. The first-order valence-corrected chi connectivity index (χ1v) is 7.05. The van der Waals surface area contributed by atoms with E-state index < -0.39 is 0 Å². The molecule has 1 saturated carbocycles. The Hall–Kier alpha value is -1.02. The number of carbonyl (C=O) groups is 1. The molecule has 0 bridgehead atoms. The van der Waals surface area contributed by atoms with Gasteiger partial charge in [-0.15, -0.1) is 11.6 Å². The van der Waals surface area contributed by atoms with Crippen LogP contribution >= 0.6 is 11.6 Å². The van der Waals surface area contributed by atoms with Crippen LogP contribution in [0.3, 0.4) is 0 Å². The number of benzene rings is 1. The smallest absolute Gasteiger partial charge is 0.252 e. The van der Waals surface area contributed by atoms with Crippen LogP contribution in [0.1, 0.15) is 47.2 Å². The molecule has 1 fully saturated rings. The summed E-state index contributed by atoms with van der Waals surface area (Å²) in [6.45, 7) is 4.01. The van der Waals surface area contributed by atoms with Gasteiger partial charge in [0.2, 0.25) is 0 Å². The van der Waals surface area contributed by atoms with Gasteiger partial charge in [-0.3, -0.25) is 4.79 Å². The zero-order valence-corrected chi connectivity index (χ0v) is 11.8. The van der Waals surface area contributed by atoms with E-state index in [1.807, 2.05) is 32.0 Å². The monoisotopic (exact) mass is 265 g/mol.